The minimum atomic E-state index is -0.0102. The summed E-state index contributed by atoms with van der Waals surface area (Å²) in [5.41, 5.74) is 13.0. The minimum Gasteiger partial charge on any atom is -0.439 e. The fourth-order valence-electron chi connectivity index (χ4n) is 8.07. The van der Waals surface area contributed by atoms with Crippen molar-refractivity contribution in [3.8, 4) is 28.7 Å². The van der Waals surface area contributed by atoms with Gasteiger partial charge in [-0.2, -0.15) is 0 Å². The summed E-state index contributed by atoms with van der Waals surface area (Å²) in [6, 6.07) is 37.0. The van der Waals surface area contributed by atoms with Gasteiger partial charge in [-0.05, 0) is 94.0 Å². The molecule has 0 unspecified atom stereocenters. The van der Waals surface area contributed by atoms with Gasteiger partial charge in [-0.3, -0.25) is 4.57 Å². The zero-order chi connectivity index (χ0) is 38.8. The van der Waals surface area contributed by atoms with Gasteiger partial charge < -0.3 is 14.5 Å². The van der Waals surface area contributed by atoms with E-state index in [1.807, 2.05) is 6.20 Å². The van der Waals surface area contributed by atoms with Crippen LogP contribution in [0, 0.1) is 0 Å². The van der Waals surface area contributed by atoms with Crippen LogP contribution in [0.3, 0.4) is 0 Å². The molecule has 55 heavy (non-hydrogen) atoms. The first-order valence-electron chi connectivity index (χ1n) is 19.7. The smallest absolute Gasteiger partial charge is 0.221 e. The molecule has 3 aromatic heterocycles. The molecule has 280 valence electrons. The zero-order valence-corrected chi connectivity index (χ0v) is 34.0. The largest absolute Gasteiger partial charge is 0.439 e. The lowest BCUT2D eigenvalue weighted by atomic mass is 9.83. The van der Waals surface area contributed by atoms with E-state index in [-0.39, 0.29) is 5.41 Å². The van der Waals surface area contributed by atoms with Crippen molar-refractivity contribution >= 4 is 38.9 Å². The number of rotatable bonds is 8. The van der Waals surface area contributed by atoms with Crippen LogP contribution in [0.5, 0.6) is 11.6 Å². The fourth-order valence-corrected chi connectivity index (χ4v) is 8.07. The Bertz CT molecular complexity index is 2530. The van der Waals surface area contributed by atoms with Gasteiger partial charge in [0.1, 0.15) is 11.6 Å². The van der Waals surface area contributed by atoms with Gasteiger partial charge in [0.25, 0.3) is 0 Å². The van der Waals surface area contributed by atoms with Gasteiger partial charge in [0.15, 0.2) is 0 Å². The molecule has 0 bridgehead atoms. The molecule has 6 heteroatoms. The van der Waals surface area contributed by atoms with Crippen LogP contribution in [-0.4, -0.2) is 28.3 Å². The van der Waals surface area contributed by atoms with Crippen molar-refractivity contribution < 1.29 is 4.74 Å². The molecule has 7 aromatic rings. The van der Waals surface area contributed by atoms with Crippen LogP contribution in [0.25, 0.3) is 38.9 Å². The third kappa shape index (κ3) is 6.62. The van der Waals surface area contributed by atoms with Gasteiger partial charge in [-0.1, -0.05) is 105 Å². The Morgan fingerprint density at radius 3 is 2.04 bits per heavy atom. The summed E-state index contributed by atoms with van der Waals surface area (Å²) in [7, 11) is 2.15. The van der Waals surface area contributed by atoms with E-state index in [1.54, 1.807) is 0 Å². The molecule has 0 radical (unpaired) electrons. The molecule has 0 fully saturated rings. The van der Waals surface area contributed by atoms with Gasteiger partial charge in [0.2, 0.25) is 5.88 Å². The van der Waals surface area contributed by atoms with E-state index >= 15 is 0 Å². The zero-order valence-electron chi connectivity index (χ0n) is 34.0. The summed E-state index contributed by atoms with van der Waals surface area (Å²) in [5, 5.41) is 2.33. The van der Waals surface area contributed by atoms with Crippen LogP contribution in [0.15, 0.2) is 109 Å². The Morgan fingerprint density at radius 1 is 0.673 bits per heavy atom. The molecule has 0 aliphatic carbocycles. The molecule has 0 atom stereocenters. The van der Waals surface area contributed by atoms with E-state index in [2.05, 4.69) is 187 Å². The third-order valence-corrected chi connectivity index (χ3v) is 11.1. The highest BCUT2D eigenvalue weighted by Gasteiger charge is 2.27. The van der Waals surface area contributed by atoms with Crippen molar-refractivity contribution in [2.45, 2.75) is 85.5 Å². The minimum absolute atomic E-state index is 0.0102. The maximum atomic E-state index is 6.91. The second-order valence-corrected chi connectivity index (χ2v) is 17.1. The molecule has 0 saturated carbocycles. The molecule has 0 spiro atoms. The normalized spacial score (nSPS) is 13.3. The highest BCUT2D eigenvalue weighted by molar-refractivity contribution is 6.09. The third-order valence-electron chi connectivity index (χ3n) is 11.1. The quantitative estimate of drug-likeness (QED) is 0.156. The molecular formula is C49H53N5O. The predicted octanol–water partition coefficient (Wildman–Crippen LogP) is 13.2. The van der Waals surface area contributed by atoms with E-state index in [1.165, 1.54) is 44.6 Å². The average molecular weight is 728 g/mol. The lowest BCUT2D eigenvalue weighted by molar-refractivity contribution is 0.464. The SMILES string of the molecule is CC(C)c1cc(C(C)C)c(-c2cc(N3CN(C)c4ccccc43)cc(Oc3ccc4c5ccccc5n(-c5cc(C(C)(C)C)ccn5)c4c3)n2)c(C(C)C)c1. The Balaban J connectivity index is 1.32. The van der Waals surface area contributed by atoms with Crippen molar-refractivity contribution in [1.82, 2.24) is 14.5 Å². The number of anilines is 3. The first-order valence-corrected chi connectivity index (χ1v) is 19.7. The summed E-state index contributed by atoms with van der Waals surface area (Å²) in [6.45, 7) is 21.2. The summed E-state index contributed by atoms with van der Waals surface area (Å²) < 4.78 is 9.17. The lowest BCUT2D eigenvalue weighted by Gasteiger charge is -2.25. The number of para-hydroxylation sites is 3. The molecule has 1 aliphatic heterocycles. The highest BCUT2D eigenvalue weighted by Crippen LogP contribution is 2.45. The number of benzene rings is 4. The standard InChI is InChI=1S/C49H53N5O/c1-30(2)33-23-39(31(3)4)48(40(24-33)32(5)6)41-26-35(53-29-52(10)43-17-13-14-18-44(43)53)27-47(51-41)55-36-19-20-38-37-15-11-12-16-42(37)54(45(38)28-36)46-25-34(21-22-50-46)49(7,8)9/h11-28,30-32H,29H2,1-10H3. The second kappa shape index (κ2) is 13.9. The molecule has 8 rings (SSSR count). The molecule has 0 amide bonds. The van der Waals surface area contributed by atoms with Crippen LogP contribution in [0.2, 0.25) is 0 Å². The molecule has 4 heterocycles. The molecule has 1 aliphatic rings. The number of nitrogens with zero attached hydrogens (tertiary/aromatic N) is 5. The van der Waals surface area contributed by atoms with Crippen molar-refractivity contribution in [2.24, 2.45) is 0 Å². The molecular weight excluding hydrogens is 675 g/mol. The van der Waals surface area contributed by atoms with Crippen molar-refractivity contribution in [3.63, 3.8) is 0 Å². The number of fused-ring (bicyclic) bond motifs is 4. The van der Waals surface area contributed by atoms with Crippen molar-refractivity contribution in [3.05, 3.63) is 132 Å². The molecule has 0 N–H and O–H groups in total. The van der Waals surface area contributed by atoms with Crippen LogP contribution in [-0.2, 0) is 5.41 Å². The van der Waals surface area contributed by atoms with Crippen molar-refractivity contribution in [2.75, 3.05) is 23.5 Å². The number of hydrogen-bond acceptors (Lipinski definition) is 5. The van der Waals surface area contributed by atoms with Crippen LogP contribution in [0.1, 0.15) is 102 Å². The van der Waals surface area contributed by atoms with E-state index in [0.717, 1.165) is 46.0 Å². The summed E-state index contributed by atoms with van der Waals surface area (Å²) in [4.78, 5) is 14.9. The van der Waals surface area contributed by atoms with Gasteiger partial charge in [-0.25, -0.2) is 9.97 Å². The number of ether oxygens (including phenoxy) is 1. The van der Waals surface area contributed by atoms with E-state index in [9.17, 15) is 0 Å². The van der Waals surface area contributed by atoms with Crippen LogP contribution < -0.4 is 14.5 Å². The number of aromatic nitrogens is 3. The van der Waals surface area contributed by atoms with Gasteiger partial charge >= 0.3 is 0 Å². The monoisotopic (exact) mass is 727 g/mol. The van der Waals surface area contributed by atoms with Crippen LogP contribution >= 0.6 is 0 Å². The van der Waals surface area contributed by atoms with Crippen molar-refractivity contribution in [1.29, 1.82) is 0 Å². The first-order chi connectivity index (χ1) is 26.3. The van der Waals surface area contributed by atoms with Gasteiger partial charge in [0.05, 0.1) is 40.5 Å². The fraction of sp³-hybridized carbons (Fsp3) is 0.306. The summed E-state index contributed by atoms with van der Waals surface area (Å²) in [5.74, 6) is 3.23. The lowest BCUT2D eigenvalue weighted by Crippen LogP contribution is -2.24. The number of hydrogen-bond donors (Lipinski definition) is 0. The van der Waals surface area contributed by atoms with Crippen LogP contribution in [0.4, 0.5) is 17.1 Å². The second-order valence-electron chi connectivity index (χ2n) is 17.1. The van der Waals surface area contributed by atoms with E-state index in [4.69, 9.17) is 14.7 Å². The first kappa shape index (κ1) is 36.4. The Morgan fingerprint density at radius 2 is 1.35 bits per heavy atom. The predicted molar refractivity (Wildman–Crippen MR) is 231 cm³/mol. The van der Waals surface area contributed by atoms with Gasteiger partial charge in [-0.15, -0.1) is 0 Å². The topological polar surface area (TPSA) is 46.4 Å². The van der Waals surface area contributed by atoms with E-state index < -0.39 is 0 Å². The molecule has 0 saturated heterocycles. The Hall–Kier alpha value is -5.62. The molecule has 6 nitrogen and oxygen atoms in total. The van der Waals surface area contributed by atoms with Gasteiger partial charge in [0, 0.05) is 41.7 Å². The summed E-state index contributed by atoms with van der Waals surface area (Å²) in [6.07, 6.45) is 1.92. The van der Waals surface area contributed by atoms with E-state index in [0.29, 0.717) is 23.6 Å². The maximum absolute atomic E-state index is 6.91. The molecule has 4 aromatic carbocycles. The average Bonchev–Trinajstić information content (AvgIpc) is 3.68. The number of pyridine rings is 2. The maximum Gasteiger partial charge on any atom is 0.221 e. The Labute approximate surface area is 326 Å². The summed E-state index contributed by atoms with van der Waals surface area (Å²) >= 11 is 0. The Kier molecular flexibility index (Phi) is 9.19. The highest BCUT2D eigenvalue weighted by atomic mass is 16.5.